The minimum absolute atomic E-state index is 0.319. The fourth-order valence-electron chi connectivity index (χ4n) is 4.19. The van der Waals surface area contributed by atoms with Crippen LogP contribution in [0.1, 0.15) is 16.7 Å². The molecule has 5 heteroatoms. The molecular formula is C24H32N2O3. The van der Waals surface area contributed by atoms with Gasteiger partial charge >= 0.3 is 0 Å². The SMILES string of the molecule is OC(COc1cccc(CN2CCc3ccccc3CC2)c1)CN1CCOCC1. The molecule has 156 valence electrons. The summed E-state index contributed by atoms with van der Waals surface area (Å²) in [5, 5.41) is 10.3. The average molecular weight is 397 g/mol. The van der Waals surface area contributed by atoms with E-state index in [1.807, 2.05) is 12.1 Å². The number of nitrogens with zero attached hydrogens (tertiary/aromatic N) is 2. The van der Waals surface area contributed by atoms with Crippen molar-refractivity contribution in [3.63, 3.8) is 0 Å². The van der Waals surface area contributed by atoms with E-state index in [9.17, 15) is 5.11 Å². The number of aliphatic hydroxyl groups is 1. The highest BCUT2D eigenvalue weighted by Gasteiger charge is 2.16. The number of aliphatic hydroxyl groups excluding tert-OH is 1. The van der Waals surface area contributed by atoms with Gasteiger partial charge in [0.2, 0.25) is 0 Å². The predicted octanol–water partition coefficient (Wildman–Crippen LogP) is 2.36. The van der Waals surface area contributed by atoms with E-state index < -0.39 is 6.10 Å². The van der Waals surface area contributed by atoms with E-state index in [0.29, 0.717) is 13.2 Å². The number of fused-ring (bicyclic) bond motifs is 1. The Hall–Kier alpha value is -1.92. The van der Waals surface area contributed by atoms with Crippen LogP contribution in [-0.2, 0) is 24.1 Å². The van der Waals surface area contributed by atoms with Crippen molar-refractivity contribution >= 4 is 0 Å². The van der Waals surface area contributed by atoms with Crippen LogP contribution in [0, 0.1) is 0 Å². The first kappa shape index (κ1) is 20.4. The number of hydrogen-bond acceptors (Lipinski definition) is 5. The molecule has 2 heterocycles. The third kappa shape index (κ3) is 6.03. The zero-order valence-electron chi connectivity index (χ0n) is 17.1. The summed E-state index contributed by atoms with van der Waals surface area (Å²) in [6.07, 6.45) is 1.74. The Labute approximate surface area is 173 Å². The Bertz CT molecular complexity index is 749. The maximum Gasteiger partial charge on any atom is 0.119 e. The smallest absolute Gasteiger partial charge is 0.119 e. The van der Waals surface area contributed by atoms with Crippen molar-refractivity contribution in [2.75, 3.05) is 52.5 Å². The van der Waals surface area contributed by atoms with Crippen LogP contribution in [0.5, 0.6) is 5.75 Å². The van der Waals surface area contributed by atoms with Gasteiger partial charge in [0, 0.05) is 39.3 Å². The molecule has 0 spiro atoms. The number of rotatable bonds is 7. The molecular weight excluding hydrogens is 364 g/mol. The third-order valence-corrected chi connectivity index (χ3v) is 5.83. The zero-order chi connectivity index (χ0) is 19.9. The average Bonchev–Trinajstić information content (AvgIpc) is 2.96. The van der Waals surface area contributed by atoms with E-state index in [2.05, 4.69) is 46.2 Å². The Morgan fingerprint density at radius 2 is 1.62 bits per heavy atom. The highest BCUT2D eigenvalue weighted by molar-refractivity contribution is 5.30. The van der Waals surface area contributed by atoms with Gasteiger partial charge in [-0.05, 0) is 41.7 Å². The maximum atomic E-state index is 10.3. The minimum Gasteiger partial charge on any atom is -0.491 e. The standard InChI is InChI=1S/C24H32N2O3/c27-23(18-26-12-14-28-15-13-26)19-29-24-7-3-4-20(16-24)17-25-10-8-21-5-1-2-6-22(21)9-11-25/h1-7,16,23,27H,8-15,17-19H2. The monoisotopic (exact) mass is 396 g/mol. The molecule has 1 fully saturated rings. The largest absolute Gasteiger partial charge is 0.491 e. The van der Waals surface area contributed by atoms with Crippen molar-refractivity contribution in [1.82, 2.24) is 9.80 Å². The normalized spacial score (nSPS) is 19.3. The summed E-state index contributed by atoms with van der Waals surface area (Å²) in [6.45, 7) is 7.31. The van der Waals surface area contributed by atoms with E-state index in [1.54, 1.807) is 0 Å². The topological polar surface area (TPSA) is 45.2 Å². The van der Waals surface area contributed by atoms with Gasteiger partial charge in [0.15, 0.2) is 0 Å². The lowest BCUT2D eigenvalue weighted by Gasteiger charge is -2.28. The maximum absolute atomic E-state index is 10.3. The fraction of sp³-hybridized carbons (Fsp3) is 0.500. The molecule has 2 aliphatic rings. The van der Waals surface area contributed by atoms with Gasteiger partial charge in [0.25, 0.3) is 0 Å². The number of ether oxygens (including phenoxy) is 2. The Morgan fingerprint density at radius 1 is 0.897 bits per heavy atom. The van der Waals surface area contributed by atoms with E-state index in [1.165, 1.54) is 16.7 Å². The van der Waals surface area contributed by atoms with Crippen LogP contribution < -0.4 is 4.74 Å². The van der Waals surface area contributed by atoms with Crippen LogP contribution in [0.2, 0.25) is 0 Å². The molecule has 0 bridgehead atoms. The van der Waals surface area contributed by atoms with Crippen LogP contribution in [0.25, 0.3) is 0 Å². The van der Waals surface area contributed by atoms with Gasteiger partial charge in [-0.1, -0.05) is 36.4 Å². The van der Waals surface area contributed by atoms with E-state index in [-0.39, 0.29) is 0 Å². The molecule has 1 unspecified atom stereocenters. The predicted molar refractivity (Wildman–Crippen MR) is 114 cm³/mol. The zero-order valence-corrected chi connectivity index (χ0v) is 17.1. The first-order valence-corrected chi connectivity index (χ1v) is 10.8. The second-order valence-electron chi connectivity index (χ2n) is 8.07. The van der Waals surface area contributed by atoms with E-state index >= 15 is 0 Å². The van der Waals surface area contributed by atoms with E-state index in [4.69, 9.17) is 9.47 Å². The molecule has 0 aliphatic carbocycles. The highest BCUT2D eigenvalue weighted by atomic mass is 16.5. The molecule has 2 aromatic rings. The lowest BCUT2D eigenvalue weighted by Crippen LogP contribution is -2.42. The summed E-state index contributed by atoms with van der Waals surface area (Å²) in [4.78, 5) is 4.75. The molecule has 2 aromatic carbocycles. The lowest BCUT2D eigenvalue weighted by atomic mass is 10.0. The van der Waals surface area contributed by atoms with Gasteiger partial charge in [0.05, 0.1) is 13.2 Å². The summed E-state index contributed by atoms with van der Waals surface area (Å²) >= 11 is 0. The molecule has 29 heavy (non-hydrogen) atoms. The fourth-order valence-corrected chi connectivity index (χ4v) is 4.19. The second kappa shape index (κ2) is 10.2. The number of β-amino-alcohol motifs (C(OH)–C–C–N with tert-alkyl or cyclic N) is 1. The van der Waals surface area contributed by atoms with Crippen LogP contribution in [-0.4, -0.2) is 73.6 Å². The summed E-state index contributed by atoms with van der Waals surface area (Å²) in [5.41, 5.74) is 4.24. The van der Waals surface area contributed by atoms with Crippen molar-refractivity contribution in [3.05, 3.63) is 65.2 Å². The summed E-state index contributed by atoms with van der Waals surface area (Å²) in [5.74, 6) is 0.835. The van der Waals surface area contributed by atoms with Gasteiger partial charge in [-0.3, -0.25) is 9.80 Å². The Balaban J connectivity index is 1.26. The molecule has 4 rings (SSSR count). The van der Waals surface area contributed by atoms with Gasteiger partial charge in [0.1, 0.15) is 18.5 Å². The van der Waals surface area contributed by atoms with Crippen LogP contribution in [0.15, 0.2) is 48.5 Å². The Kier molecular flexibility index (Phi) is 7.17. The van der Waals surface area contributed by atoms with E-state index in [0.717, 1.165) is 64.5 Å². The number of morpholine rings is 1. The van der Waals surface area contributed by atoms with Gasteiger partial charge in [-0.15, -0.1) is 0 Å². The number of hydrogen-bond donors (Lipinski definition) is 1. The minimum atomic E-state index is -0.485. The van der Waals surface area contributed by atoms with Crippen LogP contribution in [0.4, 0.5) is 0 Å². The second-order valence-corrected chi connectivity index (χ2v) is 8.07. The van der Waals surface area contributed by atoms with Crippen molar-refractivity contribution in [1.29, 1.82) is 0 Å². The molecule has 0 aromatic heterocycles. The van der Waals surface area contributed by atoms with Crippen LogP contribution >= 0.6 is 0 Å². The molecule has 0 amide bonds. The van der Waals surface area contributed by atoms with Crippen molar-refractivity contribution in [2.45, 2.75) is 25.5 Å². The summed E-state index contributed by atoms with van der Waals surface area (Å²) < 4.78 is 11.2. The summed E-state index contributed by atoms with van der Waals surface area (Å²) in [7, 11) is 0. The molecule has 1 atom stereocenters. The first-order chi connectivity index (χ1) is 14.3. The molecule has 2 aliphatic heterocycles. The molecule has 5 nitrogen and oxygen atoms in total. The first-order valence-electron chi connectivity index (χ1n) is 10.8. The molecule has 0 saturated carbocycles. The Morgan fingerprint density at radius 3 is 2.34 bits per heavy atom. The highest BCUT2D eigenvalue weighted by Crippen LogP contribution is 2.19. The van der Waals surface area contributed by atoms with Gasteiger partial charge in [-0.25, -0.2) is 0 Å². The summed E-state index contributed by atoms with van der Waals surface area (Å²) in [6, 6.07) is 17.1. The molecule has 1 N–H and O–H groups in total. The lowest BCUT2D eigenvalue weighted by molar-refractivity contribution is 0.00464. The molecule has 1 saturated heterocycles. The van der Waals surface area contributed by atoms with Gasteiger partial charge in [-0.2, -0.15) is 0 Å². The molecule has 0 radical (unpaired) electrons. The third-order valence-electron chi connectivity index (χ3n) is 5.83. The van der Waals surface area contributed by atoms with Crippen molar-refractivity contribution in [2.24, 2.45) is 0 Å². The van der Waals surface area contributed by atoms with Gasteiger partial charge < -0.3 is 14.6 Å². The van der Waals surface area contributed by atoms with Crippen LogP contribution in [0.3, 0.4) is 0 Å². The number of benzene rings is 2. The van der Waals surface area contributed by atoms with Crippen molar-refractivity contribution < 1.29 is 14.6 Å². The van der Waals surface area contributed by atoms with Crippen molar-refractivity contribution in [3.8, 4) is 5.75 Å². The quantitative estimate of drug-likeness (QED) is 0.779.